The topological polar surface area (TPSA) is 56.5 Å². The zero-order valence-corrected chi connectivity index (χ0v) is 17.6. The fourth-order valence-corrected chi connectivity index (χ4v) is 4.56. The first-order valence-electron chi connectivity index (χ1n) is 8.27. The molecule has 0 spiro atoms. The number of aromatic hydroxyl groups is 1. The van der Waals surface area contributed by atoms with Gasteiger partial charge in [0.25, 0.3) is 0 Å². The molecule has 0 saturated carbocycles. The molecule has 1 aromatic carbocycles. The van der Waals surface area contributed by atoms with Crippen LogP contribution < -0.4 is 0 Å². The quantitative estimate of drug-likeness (QED) is 0.583. The van der Waals surface area contributed by atoms with Crippen LogP contribution in [0.2, 0.25) is 13.1 Å². The van der Waals surface area contributed by atoms with Crippen LogP contribution in [0, 0.1) is 11.3 Å². The van der Waals surface area contributed by atoms with Crippen LogP contribution in [0.4, 0.5) is 0 Å². The molecule has 2 rings (SSSR count). The first-order chi connectivity index (χ1) is 10.9. The molecule has 1 aromatic heterocycles. The van der Waals surface area contributed by atoms with E-state index in [4.69, 9.17) is 8.85 Å². The maximum atomic E-state index is 9.72. The Hall–Kier alpha value is -1.16. The number of phenols is 1. The van der Waals surface area contributed by atoms with E-state index in [0.29, 0.717) is 5.92 Å². The van der Waals surface area contributed by atoms with Gasteiger partial charge in [-0.3, -0.25) is 4.68 Å². The first kappa shape index (κ1) is 18.2. The summed E-state index contributed by atoms with van der Waals surface area (Å²) in [6.07, 6.45) is 1.72. The minimum Gasteiger partial charge on any atom is -0.508 e. The van der Waals surface area contributed by atoms with E-state index < -0.39 is 19.5 Å². The SMILES string of the molecule is C[SiH2]OC(O[SiH2]C)C(C)(C)[C@H](C)Cn1ncc2ccc(O)cc21. The van der Waals surface area contributed by atoms with Gasteiger partial charge in [0.05, 0.1) is 11.7 Å². The van der Waals surface area contributed by atoms with Gasteiger partial charge in [-0.15, -0.1) is 0 Å². The highest BCUT2D eigenvalue weighted by molar-refractivity contribution is 6.26. The monoisotopic (exact) mass is 352 g/mol. The highest BCUT2D eigenvalue weighted by Crippen LogP contribution is 2.35. The molecule has 0 radical (unpaired) electrons. The minimum atomic E-state index is -0.523. The Balaban J connectivity index is 2.21. The molecular weight excluding hydrogens is 324 g/mol. The average molecular weight is 353 g/mol. The summed E-state index contributed by atoms with van der Waals surface area (Å²) in [4.78, 5) is 0. The number of hydrogen-bond acceptors (Lipinski definition) is 4. The number of rotatable bonds is 8. The van der Waals surface area contributed by atoms with Gasteiger partial charge in [0.2, 0.25) is 0 Å². The maximum absolute atomic E-state index is 9.72. The standard InChI is InChI=1S/C16H28N2O3Si2/c1-11(16(2,3)15(20-22-4)21-23-5)10-18-14-8-13(19)7-6-12(14)9-17-18/h6-9,11,15,19H,10,22-23H2,1-5H3/t11-/m1/s1. The van der Waals surface area contributed by atoms with E-state index in [0.717, 1.165) is 17.4 Å². The smallest absolute Gasteiger partial charge is 0.161 e. The van der Waals surface area contributed by atoms with Crippen molar-refractivity contribution in [1.29, 1.82) is 0 Å². The Kier molecular flexibility index (Phi) is 6.02. The molecule has 0 unspecified atom stereocenters. The second kappa shape index (κ2) is 7.61. The third-order valence-corrected chi connectivity index (χ3v) is 5.86. The molecule has 1 heterocycles. The number of fused-ring (bicyclic) bond motifs is 1. The van der Waals surface area contributed by atoms with Crippen LogP contribution in [0.25, 0.3) is 10.9 Å². The molecule has 0 saturated heterocycles. The van der Waals surface area contributed by atoms with Gasteiger partial charge in [-0.1, -0.05) is 33.9 Å². The van der Waals surface area contributed by atoms with Gasteiger partial charge in [0.1, 0.15) is 12.0 Å². The molecule has 0 aliphatic carbocycles. The molecule has 0 aliphatic rings. The highest BCUT2D eigenvalue weighted by atomic mass is 28.2. The van der Waals surface area contributed by atoms with Gasteiger partial charge in [0, 0.05) is 23.4 Å². The van der Waals surface area contributed by atoms with Crippen molar-refractivity contribution in [2.45, 2.75) is 46.7 Å². The highest BCUT2D eigenvalue weighted by Gasteiger charge is 2.36. The van der Waals surface area contributed by atoms with Crippen LogP contribution in [0.1, 0.15) is 20.8 Å². The van der Waals surface area contributed by atoms with Crippen LogP contribution in [-0.4, -0.2) is 40.7 Å². The van der Waals surface area contributed by atoms with Crippen LogP contribution in [0.15, 0.2) is 24.4 Å². The second-order valence-corrected chi connectivity index (χ2v) is 8.36. The van der Waals surface area contributed by atoms with Crippen molar-refractivity contribution in [2.75, 3.05) is 0 Å². The summed E-state index contributed by atoms with van der Waals surface area (Å²) in [5.41, 5.74) is 0.863. The Bertz CT molecular complexity index is 639. The fourth-order valence-electron chi connectivity index (χ4n) is 2.71. The van der Waals surface area contributed by atoms with E-state index in [9.17, 15) is 5.11 Å². The van der Waals surface area contributed by atoms with E-state index in [1.165, 1.54) is 0 Å². The Morgan fingerprint density at radius 3 is 2.52 bits per heavy atom. The van der Waals surface area contributed by atoms with E-state index in [-0.39, 0.29) is 17.5 Å². The van der Waals surface area contributed by atoms with E-state index >= 15 is 0 Å². The minimum absolute atomic E-state index is 0.0961. The molecule has 0 fully saturated rings. The Labute approximate surface area is 142 Å². The van der Waals surface area contributed by atoms with Gasteiger partial charge in [-0.05, 0) is 18.1 Å². The molecule has 1 atom stereocenters. The van der Waals surface area contributed by atoms with Crippen LogP contribution in [-0.2, 0) is 15.4 Å². The Morgan fingerprint density at radius 1 is 1.26 bits per heavy atom. The second-order valence-electron chi connectivity index (χ2n) is 6.53. The van der Waals surface area contributed by atoms with Crippen molar-refractivity contribution >= 4 is 30.4 Å². The summed E-state index contributed by atoms with van der Waals surface area (Å²) in [6.45, 7) is 11.7. The van der Waals surface area contributed by atoms with Gasteiger partial charge < -0.3 is 14.0 Å². The largest absolute Gasteiger partial charge is 0.508 e. The molecule has 0 bridgehead atoms. The number of hydrogen-bond donors (Lipinski definition) is 1. The summed E-state index contributed by atoms with van der Waals surface area (Å²) >= 11 is 0. The predicted octanol–water partition coefficient (Wildman–Crippen LogP) is 2.03. The number of aromatic nitrogens is 2. The third-order valence-electron chi connectivity index (χ3n) is 4.59. The van der Waals surface area contributed by atoms with Crippen molar-refractivity contribution in [3.8, 4) is 5.75 Å². The van der Waals surface area contributed by atoms with E-state index in [1.54, 1.807) is 12.1 Å². The zero-order valence-electron chi connectivity index (χ0n) is 14.7. The summed E-state index contributed by atoms with van der Waals surface area (Å²) in [5.74, 6) is 0.587. The molecule has 2 aromatic rings. The molecule has 5 nitrogen and oxygen atoms in total. The summed E-state index contributed by atoms with van der Waals surface area (Å²) in [7, 11) is -1.05. The van der Waals surface area contributed by atoms with Crippen molar-refractivity contribution in [1.82, 2.24) is 9.78 Å². The number of benzene rings is 1. The molecule has 128 valence electrons. The molecule has 0 aliphatic heterocycles. The lowest BCUT2D eigenvalue weighted by atomic mass is 9.79. The van der Waals surface area contributed by atoms with Crippen molar-refractivity contribution in [3.63, 3.8) is 0 Å². The van der Waals surface area contributed by atoms with Crippen LogP contribution in [0.3, 0.4) is 0 Å². The van der Waals surface area contributed by atoms with Crippen molar-refractivity contribution < 1.29 is 14.0 Å². The fraction of sp³-hybridized carbons (Fsp3) is 0.562. The zero-order chi connectivity index (χ0) is 17.0. The third kappa shape index (κ3) is 4.03. The lowest BCUT2D eigenvalue weighted by Gasteiger charge is -2.39. The summed E-state index contributed by atoms with van der Waals surface area (Å²) < 4.78 is 13.9. The van der Waals surface area contributed by atoms with Gasteiger partial charge in [0.15, 0.2) is 19.5 Å². The van der Waals surface area contributed by atoms with Gasteiger partial charge in [-0.2, -0.15) is 5.10 Å². The van der Waals surface area contributed by atoms with E-state index in [1.807, 2.05) is 16.9 Å². The average Bonchev–Trinajstić information content (AvgIpc) is 2.89. The lowest BCUT2D eigenvalue weighted by molar-refractivity contribution is -0.104. The van der Waals surface area contributed by atoms with Crippen molar-refractivity contribution in [2.24, 2.45) is 11.3 Å². The maximum Gasteiger partial charge on any atom is 0.161 e. The summed E-state index contributed by atoms with van der Waals surface area (Å²) in [6, 6.07) is 5.35. The predicted molar refractivity (Wildman–Crippen MR) is 99.1 cm³/mol. The van der Waals surface area contributed by atoms with Crippen LogP contribution >= 0.6 is 0 Å². The lowest BCUT2D eigenvalue weighted by Crippen LogP contribution is -2.42. The normalized spacial score (nSPS) is 16.0. The van der Waals surface area contributed by atoms with Crippen molar-refractivity contribution in [3.05, 3.63) is 24.4 Å². The molecule has 7 heteroatoms. The first-order valence-corrected chi connectivity index (χ1v) is 12.3. The Morgan fingerprint density at radius 2 is 1.91 bits per heavy atom. The summed E-state index contributed by atoms with van der Waals surface area (Å²) in [5, 5.41) is 15.2. The number of nitrogens with zero attached hydrogens (tertiary/aromatic N) is 2. The van der Waals surface area contributed by atoms with Crippen LogP contribution in [0.5, 0.6) is 5.75 Å². The van der Waals surface area contributed by atoms with Gasteiger partial charge in [-0.25, -0.2) is 0 Å². The number of phenolic OH excluding ortho intramolecular Hbond substituents is 1. The molecule has 1 N–H and O–H groups in total. The molecular formula is C16H28N2O3Si2. The molecule has 0 amide bonds. The van der Waals surface area contributed by atoms with E-state index in [2.05, 4.69) is 39.0 Å². The molecule has 23 heavy (non-hydrogen) atoms. The van der Waals surface area contributed by atoms with Gasteiger partial charge >= 0.3 is 0 Å².